The van der Waals surface area contributed by atoms with Gasteiger partial charge in [-0.05, 0) is 68.0 Å². The van der Waals surface area contributed by atoms with Crippen molar-refractivity contribution >= 4 is 17.7 Å². The lowest BCUT2D eigenvalue weighted by molar-refractivity contribution is -0.140. The van der Waals surface area contributed by atoms with Gasteiger partial charge in [-0.1, -0.05) is 52.0 Å². The van der Waals surface area contributed by atoms with Gasteiger partial charge in [0.25, 0.3) is 0 Å². The van der Waals surface area contributed by atoms with Crippen LogP contribution in [-0.2, 0) is 26.3 Å². The van der Waals surface area contributed by atoms with Gasteiger partial charge in [0.15, 0.2) is 0 Å². The molecule has 1 aliphatic carbocycles. The number of hydrogen-bond acceptors (Lipinski definition) is 4. The Kier molecular flexibility index (Phi) is 9.72. The summed E-state index contributed by atoms with van der Waals surface area (Å²) >= 11 is 0. The molecule has 2 N–H and O–H groups in total. The molecule has 2 aliphatic rings. The summed E-state index contributed by atoms with van der Waals surface area (Å²) in [6.45, 7) is 11.6. The number of carbonyl (C=O) groups is 3. The maximum absolute atomic E-state index is 13.6. The lowest BCUT2D eigenvalue weighted by Crippen LogP contribution is -2.60. The van der Waals surface area contributed by atoms with E-state index in [1.54, 1.807) is 4.90 Å². The lowest BCUT2D eigenvalue weighted by atomic mass is 9.75. The summed E-state index contributed by atoms with van der Waals surface area (Å²) in [4.78, 5) is 44.3. The Bertz CT molecular complexity index is 885. The van der Waals surface area contributed by atoms with Crippen LogP contribution in [0.25, 0.3) is 0 Å². The predicted molar refractivity (Wildman–Crippen MR) is 139 cm³/mol. The Balaban J connectivity index is 1.90. The average molecular weight is 485 g/mol. The van der Waals surface area contributed by atoms with Crippen molar-refractivity contribution in [1.82, 2.24) is 20.4 Å². The van der Waals surface area contributed by atoms with Crippen LogP contribution in [0.5, 0.6) is 0 Å². The number of rotatable bonds is 5. The molecular weight excluding hydrogens is 440 g/mol. The van der Waals surface area contributed by atoms with Crippen LogP contribution in [0.4, 0.5) is 0 Å². The second-order valence-electron chi connectivity index (χ2n) is 11.1. The van der Waals surface area contributed by atoms with Crippen LogP contribution >= 0.6 is 0 Å². The summed E-state index contributed by atoms with van der Waals surface area (Å²) in [5.41, 5.74) is 0.895. The first-order chi connectivity index (χ1) is 16.7. The normalized spacial score (nSPS) is 23.3. The summed E-state index contributed by atoms with van der Waals surface area (Å²) in [6.07, 6.45) is 4.84. The van der Waals surface area contributed by atoms with Gasteiger partial charge in [-0.15, -0.1) is 0 Å². The van der Waals surface area contributed by atoms with Gasteiger partial charge in [-0.3, -0.25) is 19.3 Å². The molecule has 1 aromatic carbocycles. The first-order valence-electron chi connectivity index (χ1n) is 13.4. The maximum atomic E-state index is 13.6. The molecule has 1 atom stereocenters. The zero-order valence-corrected chi connectivity index (χ0v) is 22.1. The van der Waals surface area contributed by atoms with Crippen molar-refractivity contribution in [3.05, 3.63) is 35.4 Å². The minimum absolute atomic E-state index is 0.0129. The van der Waals surface area contributed by atoms with Gasteiger partial charge in [-0.25, -0.2) is 0 Å². The topological polar surface area (TPSA) is 81.8 Å². The van der Waals surface area contributed by atoms with E-state index in [1.807, 2.05) is 24.3 Å². The molecule has 1 fully saturated rings. The Labute approximate surface area is 211 Å². The SMILES string of the molecule is CC(C)CCN1CC(=O)NC2(CCCc3ccccc32)C(=O)NCCCCN(CC(C)C)CC1=O. The molecule has 0 aromatic heterocycles. The standard InChI is InChI=1S/C28H44N4O3/c1-21(2)13-17-32-19-25(33)30-28(14-9-11-23-10-5-6-12-24(23)28)27(35)29-15-7-8-16-31(18-22(3)4)20-26(32)34/h5-6,10,12,21-22H,7-9,11,13-20H2,1-4H3,(H,29,35)(H,30,33). The zero-order valence-electron chi connectivity index (χ0n) is 22.1. The van der Waals surface area contributed by atoms with Crippen molar-refractivity contribution in [2.24, 2.45) is 11.8 Å². The summed E-state index contributed by atoms with van der Waals surface area (Å²) < 4.78 is 0. The van der Waals surface area contributed by atoms with Crippen molar-refractivity contribution in [3.63, 3.8) is 0 Å². The average Bonchev–Trinajstić information content (AvgIpc) is 2.80. The molecule has 35 heavy (non-hydrogen) atoms. The molecule has 1 heterocycles. The number of carbonyl (C=O) groups excluding carboxylic acids is 3. The van der Waals surface area contributed by atoms with Crippen molar-refractivity contribution in [1.29, 1.82) is 0 Å². The lowest BCUT2D eigenvalue weighted by Gasteiger charge is -2.39. The molecule has 3 rings (SSSR count). The summed E-state index contributed by atoms with van der Waals surface area (Å²) in [5, 5.41) is 6.24. The number of benzene rings is 1. The number of aryl methyl sites for hydroxylation is 1. The summed E-state index contributed by atoms with van der Waals surface area (Å²) in [6, 6.07) is 7.92. The second kappa shape index (κ2) is 12.5. The predicted octanol–water partition coefficient (Wildman–Crippen LogP) is 3.08. The molecule has 3 amide bonds. The van der Waals surface area contributed by atoms with E-state index in [2.05, 4.69) is 43.2 Å². The van der Waals surface area contributed by atoms with Crippen LogP contribution < -0.4 is 10.6 Å². The van der Waals surface area contributed by atoms with E-state index in [9.17, 15) is 14.4 Å². The van der Waals surface area contributed by atoms with Gasteiger partial charge in [-0.2, -0.15) is 0 Å². The third-order valence-corrected chi connectivity index (χ3v) is 7.05. The number of nitrogens with one attached hydrogen (secondary N) is 2. The second-order valence-corrected chi connectivity index (χ2v) is 11.1. The Morgan fingerprint density at radius 1 is 0.971 bits per heavy atom. The number of fused-ring (bicyclic) bond motifs is 2. The van der Waals surface area contributed by atoms with E-state index in [4.69, 9.17) is 0 Å². The monoisotopic (exact) mass is 484 g/mol. The summed E-state index contributed by atoms with van der Waals surface area (Å²) in [7, 11) is 0. The molecule has 0 saturated carbocycles. The highest BCUT2D eigenvalue weighted by molar-refractivity contribution is 5.94. The Hall–Kier alpha value is -2.41. The van der Waals surface area contributed by atoms with E-state index in [0.29, 0.717) is 37.9 Å². The fourth-order valence-corrected chi connectivity index (χ4v) is 5.27. The van der Waals surface area contributed by atoms with Gasteiger partial charge in [0.2, 0.25) is 17.7 Å². The van der Waals surface area contributed by atoms with Crippen LogP contribution in [0.2, 0.25) is 0 Å². The van der Waals surface area contributed by atoms with Crippen LogP contribution in [0, 0.1) is 11.8 Å². The van der Waals surface area contributed by atoms with E-state index >= 15 is 0 Å². The third-order valence-electron chi connectivity index (χ3n) is 7.05. The van der Waals surface area contributed by atoms with Crippen LogP contribution in [0.3, 0.4) is 0 Å². The third kappa shape index (κ3) is 7.29. The van der Waals surface area contributed by atoms with Gasteiger partial charge in [0, 0.05) is 19.6 Å². The van der Waals surface area contributed by atoms with Crippen LogP contribution in [0.15, 0.2) is 24.3 Å². The Morgan fingerprint density at radius 3 is 2.49 bits per heavy atom. The van der Waals surface area contributed by atoms with E-state index in [0.717, 1.165) is 56.3 Å². The van der Waals surface area contributed by atoms with Gasteiger partial charge >= 0.3 is 0 Å². The van der Waals surface area contributed by atoms with Crippen molar-refractivity contribution in [2.45, 2.75) is 71.8 Å². The van der Waals surface area contributed by atoms with E-state index in [1.165, 1.54) is 0 Å². The van der Waals surface area contributed by atoms with Gasteiger partial charge in [0.1, 0.15) is 5.54 Å². The van der Waals surface area contributed by atoms with Crippen LogP contribution in [-0.4, -0.2) is 66.8 Å². The van der Waals surface area contributed by atoms with Crippen molar-refractivity contribution in [3.8, 4) is 0 Å². The molecule has 0 radical (unpaired) electrons. The van der Waals surface area contributed by atoms with Crippen molar-refractivity contribution < 1.29 is 14.4 Å². The largest absolute Gasteiger partial charge is 0.354 e. The van der Waals surface area contributed by atoms with E-state index < -0.39 is 5.54 Å². The first kappa shape index (κ1) is 27.2. The zero-order chi connectivity index (χ0) is 25.4. The Morgan fingerprint density at radius 2 is 1.74 bits per heavy atom. The van der Waals surface area contributed by atoms with Crippen LogP contribution in [0.1, 0.15) is 70.9 Å². The minimum Gasteiger partial charge on any atom is -0.354 e. The molecule has 1 unspecified atom stereocenters. The fraction of sp³-hybridized carbons (Fsp3) is 0.679. The van der Waals surface area contributed by atoms with Gasteiger partial charge < -0.3 is 15.5 Å². The number of nitrogens with zero attached hydrogens (tertiary/aromatic N) is 2. The molecule has 7 nitrogen and oxygen atoms in total. The highest BCUT2D eigenvalue weighted by Gasteiger charge is 2.44. The van der Waals surface area contributed by atoms with Gasteiger partial charge in [0.05, 0.1) is 13.1 Å². The molecule has 1 aliphatic heterocycles. The number of hydrogen-bond donors (Lipinski definition) is 2. The minimum atomic E-state index is -1.09. The molecule has 1 spiro atoms. The number of amides is 3. The highest BCUT2D eigenvalue weighted by atomic mass is 16.2. The quantitative estimate of drug-likeness (QED) is 0.673. The van der Waals surface area contributed by atoms with E-state index in [-0.39, 0.29) is 24.3 Å². The summed E-state index contributed by atoms with van der Waals surface area (Å²) in [5.74, 6) is 0.435. The highest BCUT2D eigenvalue weighted by Crippen LogP contribution is 2.35. The molecule has 0 bridgehead atoms. The molecular formula is C28H44N4O3. The smallest absolute Gasteiger partial charge is 0.250 e. The molecule has 1 saturated heterocycles. The maximum Gasteiger partial charge on any atom is 0.250 e. The first-order valence-corrected chi connectivity index (χ1v) is 13.4. The molecule has 194 valence electrons. The fourth-order valence-electron chi connectivity index (χ4n) is 5.27. The van der Waals surface area contributed by atoms with Crippen molar-refractivity contribution in [2.75, 3.05) is 39.3 Å². The molecule has 1 aromatic rings. The molecule has 7 heteroatoms.